The Kier molecular flexibility index (Phi) is 4.87. The van der Waals surface area contributed by atoms with Crippen molar-refractivity contribution in [2.24, 2.45) is 7.05 Å². The SMILES string of the molecule is Cn1c(=O)n(CC#N)c(=O)c2c1ncn2COCC[Si](C)(C)C. The lowest BCUT2D eigenvalue weighted by molar-refractivity contribution is 0.0896. The van der Waals surface area contributed by atoms with Crippen molar-refractivity contribution in [3.05, 3.63) is 27.2 Å². The Morgan fingerprint density at radius 3 is 2.65 bits per heavy atom. The Morgan fingerprint density at radius 1 is 1.35 bits per heavy atom. The molecule has 0 spiro atoms. The minimum Gasteiger partial charge on any atom is -0.361 e. The average molecular weight is 335 g/mol. The van der Waals surface area contributed by atoms with Crippen LogP contribution in [0.5, 0.6) is 0 Å². The molecule has 0 N–H and O–H groups in total. The molecule has 2 heterocycles. The van der Waals surface area contributed by atoms with Crippen molar-refractivity contribution in [3.63, 3.8) is 0 Å². The van der Waals surface area contributed by atoms with E-state index in [0.717, 1.165) is 10.6 Å². The number of aromatic nitrogens is 4. The van der Waals surface area contributed by atoms with E-state index in [1.807, 2.05) is 6.07 Å². The van der Waals surface area contributed by atoms with Crippen LogP contribution in [0.15, 0.2) is 15.9 Å². The van der Waals surface area contributed by atoms with Gasteiger partial charge in [0.1, 0.15) is 13.3 Å². The largest absolute Gasteiger partial charge is 0.361 e. The zero-order valence-corrected chi connectivity index (χ0v) is 14.9. The molecule has 9 heteroatoms. The maximum absolute atomic E-state index is 12.5. The van der Waals surface area contributed by atoms with Crippen LogP contribution in [0, 0.1) is 11.3 Å². The molecular weight excluding hydrogens is 314 g/mol. The number of fused-ring (bicyclic) bond motifs is 1. The second kappa shape index (κ2) is 6.52. The summed E-state index contributed by atoms with van der Waals surface area (Å²) in [7, 11) is 0.352. The van der Waals surface area contributed by atoms with Crippen LogP contribution in [-0.4, -0.2) is 33.4 Å². The molecule has 0 aliphatic carbocycles. The number of nitriles is 1. The van der Waals surface area contributed by atoms with E-state index >= 15 is 0 Å². The van der Waals surface area contributed by atoms with E-state index in [9.17, 15) is 9.59 Å². The third-order valence-corrected chi connectivity index (χ3v) is 5.26. The van der Waals surface area contributed by atoms with Crippen LogP contribution in [0.4, 0.5) is 0 Å². The number of rotatable bonds is 6. The number of imidazole rings is 1. The van der Waals surface area contributed by atoms with Crippen LogP contribution in [0.1, 0.15) is 0 Å². The van der Waals surface area contributed by atoms with Crippen LogP contribution < -0.4 is 11.2 Å². The topological polar surface area (TPSA) is 94.8 Å². The summed E-state index contributed by atoms with van der Waals surface area (Å²) in [4.78, 5) is 28.7. The van der Waals surface area contributed by atoms with Crippen LogP contribution in [0.25, 0.3) is 11.2 Å². The van der Waals surface area contributed by atoms with E-state index in [4.69, 9.17) is 10.00 Å². The van der Waals surface area contributed by atoms with E-state index in [1.54, 1.807) is 4.57 Å². The molecule has 2 aromatic heterocycles. The quantitative estimate of drug-likeness (QED) is 0.573. The molecule has 0 aliphatic heterocycles. The molecule has 124 valence electrons. The first-order valence-electron chi connectivity index (χ1n) is 7.35. The molecular formula is C14H21N5O3Si. The molecule has 23 heavy (non-hydrogen) atoms. The molecule has 2 aromatic rings. The maximum atomic E-state index is 12.5. The normalized spacial score (nSPS) is 11.8. The first kappa shape index (κ1) is 17.2. The Labute approximate surface area is 134 Å². The first-order valence-corrected chi connectivity index (χ1v) is 11.1. The van der Waals surface area contributed by atoms with Gasteiger partial charge in [0.2, 0.25) is 0 Å². The highest BCUT2D eigenvalue weighted by Crippen LogP contribution is 2.09. The van der Waals surface area contributed by atoms with Gasteiger partial charge in [-0.25, -0.2) is 14.3 Å². The van der Waals surface area contributed by atoms with Gasteiger partial charge in [-0.05, 0) is 6.04 Å². The van der Waals surface area contributed by atoms with Crippen LogP contribution in [0.3, 0.4) is 0 Å². The number of aryl methyl sites for hydroxylation is 1. The van der Waals surface area contributed by atoms with Gasteiger partial charge in [-0.2, -0.15) is 5.26 Å². The van der Waals surface area contributed by atoms with Gasteiger partial charge in [0.25, 0.3) is 5.56 Å². The van der Waals surface area contributed by atoms with Gasteiger partial charge >= 0.3 is 5.69 Å². The van der Waals surface area contributed by atoms with Gasteiger partial charge in [0.15, 0.2) is 11.2 Å². The number of hydrogen-bond acceptors (Lipinski definition) is 5. The van der Waals surface area contributed by atoms with E-state index in [-0.39, 0.29) is 18.8 Å². The summed E-state index contributed by atoms with van der Waals surface area (Å²) in [5.74, 6) is 0. The predicted octanol–water partition coefficient (Wildman–Crippen LogP) is 0.733. The Hall–Kier alpha value is -2.18. The monoisotopic (exact) mass is 335 g/mol. The van der Waals surface area contributed by atoms with Crippen molar-refractivity contribution in [2.45, 2.75) is 39.0 Å². The molecule has 0 aromatic carbocycles. The smallest absolute Gasteiger partial charge is 0.333 e. The molecule has 0 fully saturated rings. The molecule has 0 amide bonds. The minimum absolute atomic E-state index is 0.195. The maximum Gasteiger partial charge on any atom is 0.333 e. The molecule has 0 saturated heterocycles. The standard InChI is InChI=1S/C14H21N5O3Si/c1-17-12-11(13(20)19(6-5-15)14(17)21)18(9-16-12)10-22-7-8-23(2,3)4/h9H,6-8,10H2,1-4H3. The summed E-state index contributed by atoms with van der Waals surface area (Å²) in [6.07, 6.45) is 1.48. The van der Waals surface area contributed by atoms with Crippen molar-refractivity contribution >= 4 is 19.2 Å². The lowest BCUT2D eigenvalue weighted by Crippen LogP contribution is -2.39. The Morgan fingerprint density at radius 2 is 2.04 bits per heavy atom. The van der Waals surface area contributed by atoms with Gasteiger partial charge in [0, 0.05) is 21.7 Å². The Balaban J connectivity index is 2.35. The molecule has 0 unspecified atom stereocenters. The van der Waals surface area contributed by atoms with Crippen molar-refractivity contribution < 1.29 is 4.74 Å². The molecule has 0 atom stereocenters. The average Bonchev–Trinajstić information content (AvgIpc) is 2.89. The van der Waals surface area contributed by atoms with E-state index in [2.05, 4.69) is 24.6 Å². The zero-order valence-electron chi connectivity index (χ0n) is 13.9. The lowest BCUT2D eigenvalue weighted by Gasteiger charge is -2.15. The summed E-state index contributed by atoms with van der Waals surface area (Å²) in [5, 5.41) is 8.80. The third kappa shape index (κ3) is 3.60. The van der Waals surface area contributed by atoms with Gasteiger partial charge in [0.05, 0.1) is 12.4 Å². The van der Waals surface area contributed by atoms with Gasteiger partial charge in [-0.3, -0.25) is 9.36 Å². The van der Waals surface area contributed by atoms with Gasteiger partial charge < -0.3 is 9.30 Å². The molecule has 8 nitrogen and oxygen atoms in total. The second-order valence-electron chi connectivity index (χ2n) is 6.63. The highest BCUT2D eigenvalue weighted by atomic mass is 28.3. The van der Waals surface area contributed by atoms with Gasteiger partial charge in [-0.1, -0.05) is 19.6 Å². The molecule has 2 rings (SSSR count). The molecule has 0 bridgehead atoms. The lowest BCUT2D eigenvalue weighted by atomic mass is 10.5. The van der Waals surface area contributed by atoms with Crippen molar-refractivity contribution in [3.8, 4) is 6.07 Å². The molecule has 0 radical (unpaired) electrons. The zero-order chi connectivity index (χ0) is 17.2. The Bertz CT molecular complexity index is 866. The third-order valence-electron chi connectivity index (χ3n) is 3.56. The van der Waals surface area contributed by atoms with E-state index < -0.39 is 19.3 Å². The summed E-state index contributed by atoms with van der Waals surface area (Å²) in [5.41, 5.74) is -0.497. The van der Waals surface area contributed by atoms with Crippen LogP contribution in [0.2, 0.25) is 25.7 Å². The van der Waals surface area contributed by atoms with Crippen LogP contribution >= 0.6 is 0 Å². The van der Waals surface area contributed by atoms with Crippen molar-refractivity contribution in [1.82, 2.24) is 18.7 Å². The number of ether oxygens (including phenoxy) is 1. The predicted molar refractivity (Wildman–Crippen MR) is 89.0 cm³/mol. The van der Waals surface area contributed by atoms with Gasteiger partial charge in [-0.15, -0.1) is 0 Å². The van der Waals surface area contributed by atoms with Crippen molar-refractivity contribution in [1.29, 1.82) is 5.26 Å². The van der Waals surface area contributed by atoms with Crippen molar-refractivity contribution in [2.75, 3.05) is 6.61 Å². The highest BCUT2D eigenvalue weighted by Gasteiger charge is 2.16. The molecule has 0 aliphatic rings. The fourth-order valence-corrected chi connectivity index (χ4v) is 2.93. The number of hydrogen-bond donors (Lipinski definition) is 0. The summed E-state index contributed by atoms with van der Waals surface area (Å²) in [6.45, 7) is 7.32. The second-order valence-corrected chi connectivity index (χ2v) is 12.2. The highest BCUT2D eigenvalue weighted by molar-refractivity contribution is 6.76. The fraction of sp³-hybridized carbons (Fsp3) is 0.571. The summed E-state index contributed by atoms with van der Waals surface area (Å²) in [6, 6.07) is 2.86. The summed E-state index contributed by atoms with van der Waals surface area (Å²) < 4.78 is 9.40. The fourth-order valence-electron chi connectivity index (χ4n) is 2.17. The van der Waals surface area contributed by atoms with E-state index in [1.165, 1.54) is 17.9 Å². The molecule has 0 saturated carbocycles. The van der Waals surface area contributed by atoms with E-state index in [0.29, 0.717) is 12.3 Å². The first-order chi connectivity index (χ1) is 10.8. The minimum atomic E-state index is -1.18. The number of nitrogens with zero attached hydrogens (tertiary/aromatic N) is 5. The van der Waals surface area contributed by atoms with Crippen LogP contribution in [-0.2, 0) is 25.1 Å². The summed E-state index contributed by atoms with van der Waals surface area (Å²) >= 11 is 0.